The number of nitrogens with one attached hydrogen (secondary N) is 2. The molecule has 0 aliphatic carbocycles. The minimum atomic E-state index is -0.332. The smallest absolute Gasteiger partial charge is 0.251 e. The van der Waals surface area contributed by atoms with Crippen molar-refractivity contribution in [2.45, 2.75) is 25.4 Å². The molecule has 0 radical (unpaired) electrons. The molecule has 0 aliphatic heterocycles. The van der Waals surface area contributed by atoms with Crippen LogP contribution in [-0.4, -0.2) is 52.6 Å². The molecule has 0 fully saturated rings. The maximum atomic E-state index is 11.9. The second-order valence-electron chi connectivity index (χ2n) is 4.25. The Kier molecular flexibility index (Phi) is 6.93. The fourth-order valence-corrected chi connectivity index (χ4v) is 2.49. The first-order valence-electron chi connectivity index (χ1n) is 6.71. The molecule has 0 unspecified atom stereocenters. The third-order valence-corrected chi connectivity index (χ3v) is 3.70. The lowest BCUT2D eigenvalue weighted by Gasteiger charge is -2.17. The van der Waals surface area contributed by atoms with E-state index in [1.54, 1.807) is 4.90 Å². The SMILES string of the molecule is CCN(CC)C(=O)CSc1nc(CC(=O)NC)cc(=O)[nH]1. The molecule has 1 aromatic heterocycles. The Bertz CT molecular complexity index is 555. The van der Waals surface area contributed by atoms with E-state index in [4.69, 9.17) is 0 Å². The Labute approximate surface area is 127 Å². The highest BCUT2D eigenvalue weighted by molar-refractivity contribution is 7.99. The van der Waals surface area contributed by atoms with Crippen molar-refractivity contribution in [3.63, 3.8) is 0 Å². The quantitative estimate of drug-likeness (QED) is 0.547. The van der Waals surface area contributed by atoms with E-state index < -0.39 is 0 Å². The number of rotatable bonds is 7. The first kappa shape index (κ1) is 17.2. The van der Waals surface area contributed by atoms with E-state index in [9.17, 15) is 14.4 Å². The summed E-state index contributed by atoms with van der Waals surface area (Å²) in [6.07, 6.45) is 0.0397. The van der Waals surface area contributed by atoms with Crippen LogP contribution in [0.3, 0.4) is 0 Å². The van der Waals surface area contributed by atoms with E-state index in [-0.39, 0.29) is 29.5 Å². The number of carbonyl (C=O) groups is 2. The number of likely N-dealkylation sites (N-methyl/N-ethyl adjacent to an activating group) is 1. The number of nitrogens with zero attached hydrogens (tertiary/aromatic N) is 2. The monoisotopic (exact) mass is 312 g/mol. The zero-order valence-electron chi connectivity index (χ0n) is 12.4. The standard InChI is InChI=1S/C13H20N4O3S/c1-4-17(5-2)12(20)8-21-13-15-9(6-10(18)14-3)7-11(19)16-13/h7H,4-6,8H2,1-3H3,(H,14,18)(H,15,16,19). The van der Waals surface area contributed by atoms with Crippen LogP contribution in [0.5, 0.6) is 0 Å². The van der Waals surface area contributed by atoms with Gasteiger partial charge in [-0.2, -0.15) is 0 Å². The van der Waals surface area contributed by atoms with Gasteiger partial charge < -0.3 is 15.2 Å². The molecule has 0 aliphatic rings. The molecule has 0 spiro atoms. The van der Waals surface area contributed by atoms with Gasteiger partial charge in [0.05, 0.1) is 17.9 Å². The molecule has 0 saturated heterocycles. The van der Waals surface area contributed by atoms with Crippen LogP contribution in [0, 0.1) is 0 Å². The van der Waals surface area contributed by atoms with Gasteiger partial charge in [0.1, 0.15) is 0 Å². The summed E-state index contributed by atoms with van der Waals surface area (Å²) in [4.78, 5) is 43.2. The Balaban J connectivity index is 2.73. The fraction of sp³-hybridized carbons (Fsp3) is 0.538. The van der Waals surface area contributed by atoms with E-state index in [2.05, 4.69) is 15.3 Å². The van der Waals surface area contributed by atoms with Gasteiger partial charge in [0, 0.05) is 26.2 Å². The van der Waals surface area contributed by atoms with Crippen LogP contribution in [0.15, 0.2) is 16.0 Å². The third-order valence-electron chi connectivity index (χ3n) is 2.84. The molecule has 8 heteroatoms. The number of aromatic nitrogens is 2. The van der Waals surface area contributed by atoms with Crippen LogP contribution >= 0.6 is 11.8 Å². The molecule has 0 aromatic carbocycles. The summed E-state index contributed by atoms with van der Waals surface area (Å²) in [7, 11) is 1.52. The van der Waals surface area contributed by atoms with Gasteiger partial charge in [-0.05, 0) is 13.8 Å². The van der Waals surface area contributed by atoms with Crippen molar-refractivity contribution < 1.29 is 9.59 Å². The Morgan fingerprint density at radius 1 is 1.38 bits per heavy atom. The molecule has 116 valence electrons. The Morgan fingerprint density at radius 3 is 2.62 bits per heavy atom. The van der Waals surface area contributed by atoms with Crippen molar-refractivity contribution in [3.05, 3.63) is 22.1 Å². The van der Waals surface area contributed by atoms with E-state index >= 15 is 0 Å². The van der Waals surface area contributed by atoms with Gasteiger partial charge in [-0.15, -0.1) is 0 Å². The van der Waals surface area contributed by atoms with E-state index in [0.717, 1.165) is 11.8 Å². The molecule has 2 amide bonds. The van der Waals surface area contributed by atoms with Crippen LogP contribution in [0.2, 0.25) is 0 Å². The highest BCUT2D eigenvalue weighted by Gasteiger charge is 2.12. The summed E-state index contributed by atoms with van der Waals surface area (Å²) in [5.74, 6) is -0.0266. The van der Waals surface area contributed by atoms with Crippen molar-refractivity contribution in [2.75, 3.05) is 25.9 Å². The molecule has 1 aromatic rings. The van der Waals surface area contributed by atoms with Gasteiger partial charge in [-0.25, -0.2) is 4.98 Å². The van der Waals surface area contributed by atoms with Crippen LogP contribution < -0.4 is 10.9 Å². The molecular formula is C13H20N4O3S. The number of thioether (sulfide) groups is 1. The van der Waals surface area contributed by atoms with Crippen LogP contribution in [0.25, 0.3) is 0 Å². The van der Waals surface area contributed by atoms with Crippen molar-refractivity contribution in [1.29, 1.82) is 0 Å². The fourth-order valence-electron chi connectivity index (χ4n) is 1.69. The van der Waals surface area contributed by atoms with Crippen LogP contribution in [0.4, 0.5) is 0 Å². The first-order valence-corrected chi connectivity index (χ1v) is 7.70. The largest absolute Gasteiger partial charge is 0.359 e. The predicted octanol–water partition coefficient (Wildman–Crippen LogP) is 0.0189. The molecule has 0 atom stereocenters. The summed E-state index contributed by atoms with van der Waals surface area (Å²) in [6, 6.07) is 1.28. The highest BCUT2D eigenvalue weighted by atomic mass is 32.2. The van der Waals surface area contributed by atoms with Crippen molar-refractivity contribution in [1.82, 2.24) is 20.2 Å². The molecule has 0 saturated carbocycles. The molecule has 1 rings (SSSR count). The normalized spacial score (nSPS) is 10.2. The van der Waals surface area contributed by atoms with Gasteiger partial charge in [0.2, 0.25) is 11.8 Å². The van der Waals surface area contributed by atoms with Crippen molar-refractivity contribution >= 4 is 23.6 Å². The summed E-state index contributed by atoms with van der Waals surface area (Å²) >= 11 is 1.16. The summed E-state index contributed by atoms with van der Waals surface area (Å²) in [6.45, 7) is 5.12. The van der Waals surface area contributed by atoms with Gasteiger partial charge >= 0.3 is 0 Å². The summed E-state index contributed by atoms with van der Waals surface area (Å²) < 4.78 is 0. The molecular weight excluding hydrogens is 292 g/mol. The average Bonchev–Trinajstić information content (AvgIpc) is 2.45. The zero-order chi connectivity index (χ0) is 15.8. The van der Waals surface area contributed by atoms with E-state index in [0.29, 0.717) is 23.9 Å². The number of H-pyrrole nitrogens is 1. The summed E-state index contributed by atoms with van der Waals surface area (Å²) in [5.41, 5.74) is 0.0533. The van der Waals surface area contributed by atoms with Crippen LogP contribution in [-0.2, 0) is 16.0 Å². The topological polar surface area (TPSA) is 95.2 Å². The second-order valence-corrected chi connectivity index (χ2v) is 5.21. The number of hydrogen-bond donors (Lipinski definition) is 2. The first-order chi connectivity index (χ1) is 9.99. The van der Waals surface area contributed by atoms with E-state index in [1.807, 2.05) is 13.8 Å². The summed E-state index contributed by atoms with van der Waals surface area (Å²) in [5, 5.41) is 2.82. The third kappa shape index (κ3) is 5.58. The lowest BCUT2D eigenvalue weighted by Crippen LogP contribution is -2.32. The van der Waals surface area contributed by atoms with E-state index in [1.165, 1.54) is 13.1 Å². The molecule has 0 bridgehead atoms. The number of hydrogen-bond acceptors (Lipinski definition) is 5. The highest BCUT2D eigenvalue weighted by Crippen LogP contribution is 2.12. The van der Waals surface area contributed by atoms with Gasteiger partial charge in [0.15, 0.2) is 5.16 Å². The second kappa shape index (κ2) is 8.46. The number of aromatic amines is 1. The van der Waals surface area contributed by atoms with Gasteiger partial charge in [-0.3, -0.25) is 14.4 Å². The zero-order valence-corrected chi connectivity index (χ0v) is 13.2. The predicted molar refractivity (Wildman–Crippen MR) is 81.3 cm³/mol. The number of carbonyl (C=O) groups excluding carboxylic acids is 2. The average molecular weight is 312 g/mol. The maximum absolute atomic E-state index is 11.9. The molecule has 21 heavy (non-hydrogen) atoms. The molecule has 2 N–H and O–H groups in total. The lowest BCUT2D eigenvalue weighted by molar-refractivity contribution is -0.128. The van der Waals surface area contributed by atoms with Gasteiger partial charge in [-0.1, -0.05) is 11.8 Å². The van der Waals surface area contributed by atoms with Crippen molar-refractivity contribution in [3.8, 4) is 0 Å². The molecule has 1 heterocycles. The maximum Gasteiger partial charge on any atom is 0.251 e. The minimum absolute atomic E-state index is 0.00986. The Hall–Kier alpha value is -1.83. The van der Waals surface area contributed by atoms with Crippen LogP contribution in [0.1, 0.15) is 19.5 Å². The Morgan fingerprint density at radius 2 is 2.05 bits per heavy atom. The number of amides is 2. The minimum Gasteiger partial charge on any atom is -0.359 e. The lowest BCUT2D eigenvalue weighted by atomic mass is 10.3. The van der Waals surface area contributed by atoms with Crippen molar-refractivity contribution in [2.24, 2.45) is 0 Å². The van der Waals surface area contributed by atoms with Gasteiger partial charge in [0.25, 0.3) is 5.56 Å². The molecule has 7 nitrogen and oxygen atoms in total.